The van der Waals surface area contributed by atoms with Crippen LogP contribution >= 0.6 is 0 Å². The average molecular weight is 978 g/mol. The zero-order valence-electron chi connectivity index (χ0n) is 45.2. The molecule has 0 aromatic carbocycles. The molecule has 0 radical (unpaired) electrons. The first-order valence-electron chi connectivity index (χ1n) is 28.0. The first-order valence-corrected chi connectivity index (χ1v) is 28.0. The van der Waals surface area contributed by atoms with Crippen LogP contribution in [0.15, 0.2) is 158 Å². The quantitative estimate of drug-likeness (QED) is 0.0262. The van der Waals surface area contributed by atoms with Crippen LogP contribution < -0.4 is 0 Å². The van der Waals surface area contributed by atoms with E-state index in [2.05, 4.69) is 167 Å². The fraction of sp³-hybridized carbons (Fsp3) is 0.554. The average Bonchev–Trinajstić information content (AvgIpc) is 3.37. The summed E-state index contributed by atoms with van der Waals surface area (Å²) in [5, 5.41) is 0. The van der Waals surface area contributed by atoms with E-state index >= 15 is 0 Å². The van der Waals surface area contributed by atoms with Gasteiger partial charge in [0.1, 0.15) is 13.2 Å². The number of carbonyl (C=O) groups is 3. The van der Waals surface area contributed by atoms with Crippen molar-refractivity contribution in [2.24, 2.45) is 0 Å². The van der Waals surface area contributed by atoms with Gasteiger partial charge in [-0.2, -0.15) is 0 Å². The molecule has 0 rings (SSSR count). The maximum Gasteiger partial charge on any atom is 0.306 e. The van der Waals surface area contributed by atoms with Gasteiger partial charge in [-0.1, -0.05) is 211 Å². The van der Waals surface area contributed by atoms with Crippen LogP contribution in [-0.2, 0) is 28.6 Å². The van der Waals surface area contributed by atoms with Gasteiger partial charge < -0.3 is 14.2 Å². The number of hydrogen-bond donors (Lipinski definition) is 0. The predicted octanol–water partition coefficient (Wildman–Crippen LogP) is 19.0. The van der Waals surface area contributed by atoms with Crippen molar-refractivity contribution >= 4 is 17.9 Å². The van der Waals surface area contributed by atoms with Gasteiger partial charge in [-0.25, -0.2) is 0 Å². The molecule has 0 heterocycles. The minimum absolute atomic E-state index is 0.141. The van der Waals surface area contributed by atoms with E-state index < -0.39 is 6.10 Å². The van der Waals surface area contributed by atoms with Gasteiger partial charge in [-0.05, 0) is 141 Å². The molecule has 396 valence electrons. The third-order valence-electron chi connectivity index (χ3n) is 11.0. The van der Waals surface area contributed by atoms with Gasteiger partial charge in [-0.3, -0.25) is 14.4 Å². The van der Waals surface area contributed by atoms with E-state index in [1.165, 1.54) is 44.9 Å². The second-order valence-corrected chi connectivity index (χ2v) is 17.7. The van der Waals surface area contributed by atoms with Crippen molar-refractivity contribution < 1.29 is 28.6 Å². The molecule has 0 bridgehead atoms. The highest BCUT2D eigenvalue weighted by atomic mass is 16.6. The number of allylic oxidation sites excluding steroid dienone is 26. The highest BCUT2D eigenvalue weighted by Gasteiger charge is 2.19. The standard InChI is InChI=1S/C65H100O6/c1-4-7-10-13-16-19-22-25-28-30-32-34-37-39-42-45-48-51-54-57-63(66)69-60-62(71-65(68)59-56-53-50-47-44-41-36-27-24-21-18-15-12-9-6-3)61-70-64(67)58-55-52-49-46-43-40-38-35-33-31-29-26-23-20-17-14-11-8-5-2/h7,10,16-21,25-29,32-36,39-40,42-44,47,49,52,62H,4-6,8-9,11-15,22-24,30-31,37-38,41,45-46,48,50-51,53-61H2,1-3H3/b10-7-,19-16-,20-17-,21-18-,28-25-,29-26-,34-32-,35-33-,36-27-,42-39-,43-40-,47-44-,52-49-/t62-/m1/s1. The number of ether oxygens (including phenoxy) is 3. The zero-order valence-corrected chi connectivity index (χ0v) is 45.2. The summed E-state index contributed by atoms with van der Waals surface area (Å²) >= 11 is 0. The summed E-state index contributed by atoms with van der Waals surface area (Å²) in [4.78, 5) is 38.1. The molecule has 0 N–H and O–H groups in total. The summed E-state index contributed by atoms with van der Waals surface area (Å²) in [6.45, 7) is 6.32. The van der Waals surface area contributed by atoms with Crippen LogP contribution in [0.2, 0.25) is 0 Å². The van der Waals surface area contributed by atoms with E-state index in [0.717, 1.165) is 116 Å². The summed E-state index contributed by atoms with van der Waals surface area (Å²) in [6, 6.07) is 0. The van der Waals surface area contributed by atoms with Crippen LogP contribution in [-0.4, -0.2) is 37.2 Å². The third-order valence-corrected chi connectivity index (χ3v) is 11.0. The number of esters is 3. The van der Waals surface area contributed by atoms with Crippen LogP contribution in [0.3, 0.4) is 0 Å². The molecule has 0 spiro atoms. The van der Waals surface area contributed by atoms with E-state index in [-0.39, 0.29) is 44.0 Å². The number of unbranched alkanes of at least 4 members (excludes halogenated alkanes) is 11. The van der Waals surface area contributed by atoms with Crippen LogP contribution in [0.5, 0.6) is 0 Å². The van der Waals surface area contributed by atoms with Crippen LogP contribution in [0, 0.1) is 0 Å². The monoisotopic (exact) mass is 977 g/mol. The van der Waals surface area contributed by atoms with Crippen molar-refractivity contribution in [3.05, 3.63) is 158 Å². The van der Waals surface area contributed by atoms with E-state index in [1.54, 1.807) is 0 Å². The Morgan fingerprint density at radius 2 is 0.577 bits per heavy atom. The molecule has 0 amide bonds. The van der Waals surface area contributed by atoms with Crippen molar-refractivity contribution in [1.82, 2.24) is 0 Å². The lowest BCUT2D eigenvalue weighted by molar-refractivity contribution is -0.166. The summed E-state index contributed by atoms with van der Waals surface area (Å²) in [5.41, 5.74) is 0. The van der Waals surface area contributed by atoms with Crippen molar-refractivity contribution in [3.63, 3.8) is 0 Å². The fourth-order valence-electron chi connectivity index (χ4n) is 6.81. The lowest BCUT2D eigenvalue weighted by Gasteiger charge is -2.18. The molecule has 0 fully saturated rings. The predicted molar refractivity (Wildman–Crippen MR) is 306 cm³/mol. The minimum Gasteiger partial charge on any atom is -0.462 e. The summed E-state index contributed by atoms with van der Waals surface area (Å²) in [7, 11) is 0. The highest BCUT2D eigenvalue weighted by Crippen LogP contribution is 2.10. The fourth-order valence-corrected chi connectivity index (χ4v) is 6.81. The molecular weight excluding hydrogens is 877 g/mol. The molecule has 0 aliphatic rings. The molecule has 1 atom stereocenters. The Hall–Kier alpha value is -4.97. The van der Waals surface area contributed by atoms with Crippen molar-refractivity contribution in [3.8, 4) is 0 Å². The Morgan fingerprint density at radius 1 is 0.296 bits per heavy atom. The van der Waals surface area contributed by atoms with Crippen LogP contribution in [0.1, 0.15) is 213 Å². The largest absolute Gasteiger partial charge is 0.462 e. The van der Waals surface area contributed by atoms with Gasteiger partial charge in [0.2, 0.25) is 0 Å². The van der Waals surface area contributed by atoms with Crippen LogP contribution in [0.25, 0.3) is 0 Å². The Balaban J connectivity index is 4.64. The van der Waals surface area contributed by atoms with E-state index in [9.17, 15) is 14.4 Å². The van der Waals surface area contributed by atoms with Gasteiger partial charge in [0.05, 0.1) is 0 Å². The molecular formula is C65H100O6. The van der Waals surface area contributed by atoms with Crippen molar-refractivity contribution in [2.75, 3.05) is 13.2 Å². The Bertz CT molecular complexity index is 1640. The molecule has 0 aliphatic heterocycles. The maximum absolute atomic E-state index is 12.8. The molecule has 0 aliphatic carbocycles. The molecule has 0 saturated carbocycles. The molecule has 0 aromatic heterocycles. The Kier molecular flexibility index (Phi) is 53.6. The van der Waals surface area contributed by atoms with Gasteiger partial charge in [0, 0.05) is 19.3 Å². The minimum atomic E-state index is -0.850. The third kappa shape index (κ3) is 55.8. The normalized spacial score (nSPS) is 13.3. The summed E-state index contributed by atoms with van der Waals surface area (Å²) in [5.74, 6) is -1.11. The van der Waals surface area contributed by atoms with Gasteiger partial charge in [-0.15, -0.1) is 0 Å². The zero-order chi connectivity index (χ0) is 51.4. The smallest absolute Gasteiger partial charge is 0.306 e. The molecule has 6 heteroatoms. The topological polar surface area (TPSA) is 78.9 Å². The lowest BCUT2D eigenvalue weighted by atomic mass is 10.1. The Labute approximate surface area is 435 Å². The molecule has 0 saturated heterocycles. The van der Waals surface area contributed by atoms with Crippen molar-refractivity contribution in [1.29, 1.82) is 0 Å². The molecule has 0 aromatic rings. The van der Waals surface area contributed by atoms with Gasteiger partial charge in [0.25, 0.3) is 0 Å². The van der Waals surface area contributed by atoms with Crippen molar-refractivity contribution in [2.45, 2.75) is 219 Å². The maximum atomic E-state index is 12.8. The summed E-state index contributed by atoms with van der Waals surface area (Å²) < 4.78 is 16.7. The number of hydrogen-bond acceptors (Lipinski definition) is 6. The second-order valence-electron chi connectivity index (χ2n) is 17.7. The first-order chi connectivity index (χ1) is 35.0. The SMILES string of the molecule is CC/C=C\C/C=C\C/C=C\C/C=C\C/C=C\CCCCCC(=O)OC[C@H](COC(=O)CC/C=C\C/C=C\C/C=C\C/C=C\C/C=C\CCCCC)OC(=O)CCCC/C=C\C/C=C\C/C=C\CCCCC. The highest BCUT2D eigenvalue weighted by molar-refractivity contribution is 5.71. The number of rotatable bonds is 48. The Morgan fingerprint density at radius 3 is 0.944 bits per heavy atom. The summed E-state index contributed by atoms with van der Waals surface area (Å²) in [6.07, 6.45) is 83.8. The van der Waals surface area contributed by atoms with Gasteiger partial charge >= 0.3 is 17.9 Å². The first kappa shape index (κ1) is 66.0. The van der Waals surface area contributed by atoms with E-state index in [0.29, 0.717) is 19.3 Å². The van der Waals surface area contributed by atoms with Crippen LogP contribution in [0.4, 0.5) is 0 Å². The van der Waals surface area contributed by atoms with E-state index in [4.69, 9.17) is 14.2 Å². The molecule has 0 unspecified atom stereocenters. The lowest BCUT2D eigenvalue weighted by Crippen LogP contribution is -2.30. The molecule has 6 nitrogen and oxygen atoms in total. The van der Waals surface area contributed by atoms with E-state index in [1.807, 2.05) is 12.2 Å². The number of carbonyl (C=O) groups excluding carboxylic acids is 3. The second kappa shape index (κ2) is 57.6. The van der Waals surface area contributed by atoms with Gasteiger partial charge in [0.15, 0.2) is 6.10 Å². The molecule has 71 heavy (non-hydrogen) atoms.